The molecule has 0 spiro atoms. The van der Waals surface area contributed by atoms with Gasteiger partial charge in [-0.3, -0.25) is 14.9 Å². The molecule has 0 unspecified atom stereocenters. The summed E-state index contributed by atoms with van der Waals surface area (Å²) in [6.07, 6.45) is 0. The lowest BCUT2D eigenvalue weighted by molar-refractivity contribution is -0.384. The van der Waals surface area contributed by atoms with Crippen LogP contribution in [-0.4, -0.2) is 21.6 Å². The lowest BCUT2D eigenvalue weighted by Gasteiger charge is -2.16. The molecule has 1 amide bonds. The molecule has 0 saturated carbocycles. The Morgan fingerprint density at radius 3 is 2.21 bits per heavy atom. The summed E-state index contributed by atoms with van der Waals surface area (Å²) in [5.74, 6) is -0.283. The van der Waals surface area contributed by atoms with Crippen molar-refractivity contribution in [3.63, 3.8) is 0 Å². The van der Waals surface area contributed by atoms with Gasteiger partial charge in [-0.2, -0.15) is 5.10 Å². The largest absolute Gasteiger partial charge is 0.507 e. The zero-order valence-corrected chi connectivity index (χ0v) is 16.7. The van der Waals surface area contributed by atoms with E-state index in [1.807, 2.05) is 33.8 Å². The highest BCUT2D eigenvalue weighted by Gasteiger charge is 2.19. The van der Waals surface area contributed by atoms with Crippen molar-refractivity contribution < 1.29 is 14.8 Å². The number of non-ortho nitro benzene ring substituents is 1. The maximum atomic E-state index is 12.6. The number of nitro groups is 1. The fourth-order valence-electron chi connectivity index (χ4n) is 2.71. The molecule has 0 saturated heterocycles. The number of nitrogens with zero attached hydrogens (tertiary/aromatic N) is 2. The van der Waals surface area contributed by atoms with E-state index in [1.165, 1.54) is 12.1 Å². The van der Waals surface area contributed by atoms with Gasteiger partial charge in [-0.25, -0.2) is 5.43 Å². The molecule has 148 valence electrons. The maximum Gasteiger partial charge on any atom is 0.275 e. The van der Waals surface area contributed by atoms with Gasteiger partial charge in [-0.1, -0.05) is 33.8 Å². The molecule has 0 heterocycles. The van der Waals surface area contributed by atoms with Crippen molar-refractivity contribution in [1.29, 1.82) is 0 Å². The van der Waals surface area contributed by atoms with Gasteiger partial charge in [0, 0.05) is 12.1 Å². The topological polar surface area (TPSA) is 105 Å². The van der Waals surface area contributed by atoms with Crippen molar-refractivity contribution in [3.8, 4) is 5.75 Å². The van der Waals surface area contributed by atoms with E-state index in [1.54, 1.807) is 25.1 Å². The van der Waals surface area contributed by atoms with Crippen molar-refractivity contribution in [3.05, 3.63) is 68.8 Å². The highest BCUT2D eigenvalue weighted by molar-refractivity contribution is 6.02. The van der Waals surface area contributed by atoms with Crippen molar-refractivity contribution in [2.45, 2.75) is 46.5 Å². The second-order valence-electron chi connectivity index (χ2n) is 7.26. The Hall–Kier alpha value is -3.22. The number of amides is 1. The third-order valence-electron chi connectivity index (χ3n) is 4.52. The molecule has 7 nitrogen and oxygen atoms in total. The standard InChI is InChI=1S/C21H25N3O4/c1-12(2)16-10-18(13(3)4)20(25)19(11-16)21(26)23-22-14(5)15-6-8-17(9-7-15)24(27)28/h6-13,25H,1-5H3,(H,23,26)/b22-14-. The number of nitro benzene ring substituents is 1. The number of carbonyl (C=O) groups excluding carboxylic acids is 1. The molecular weight excluding hydrogens is 358 g/mol. The smallest absolute Gasteiger partial charge is 0.275 e. The van der Waals surface area contributed by atoms with E-state index in [0.717, 1.165) is 5.56 Å². The summed E-state index contributed by atoms with van der Waals surface area (Å²) in [4.78, 5) is 22.9. The van der Waals surface area contributed by atoms with Gasteiger partial charge in [0.05, 0.1) is 16.2 Å². The Balaban J connectivity index is 2.28. The van der Waals surface area contributed by atoms with Gasteiger partial charge in [0.15, 0.2) is 0 Å². The summed E-state index contributed by atoms with van der Waals surface area (Å²) in [5.41, 5.74) is 5.44. The van der Waals surface area contributed by atoms with Crippen molar-refractivity contribution in [2.24, 2.45) is 5.10 Å². The molecule has 0 aliphatic heterocycles. The number of nitrogens with one attached hydrogen (secondary N) is 1. The monoisotopic (exact) mass is 383 g/mol. The number of phenolic OH excluding ortho intramolecular Hbond substituents is 1. The van der Waals surface area contributed by atoms with E-state index in [9.17, 15) is 20.0 Å². The SMILES string of the molecule is C/C(=N/NC(=O)c1cc(C(C)C)cc(C(C)C)c1O)c1ccc([N+](=O)[O-])cc1. The van der Waals surface area contributed by atoms with Crippen LogP contribution in [0.5, 0.6) is 5.75 Å². The molecule has 2 N–H and O–H groups in total. The lowest BCUT2D eigenvalue weighted by atomic mass is 9.92. The molecule has 28 heavy (non-hydrogen) atoms. The molecule has 0 aliphatic rings. The van der Waals surface area contributed by atoms with E-state index in [2.05, 4.69) is 10.5 Å². The van der Waals surface area contributed by atoms with Crippen LogP contribution < -0.4 is 5.43 Å². The minimum Gasteiger partial charge on any atom is -0.507 e. The first-order valence-electron chi connectivity index (χ1n) is 9.08. The zero-order chi connectivity index (χ0) is 21.0. The second-order valence-corrected chi connectivity index (χ2v) is 7.26. The van der Waals surface area contributed by atoms with Crippen LogP contribution in [0.2, 0.25) is 0 Å². The van der Waals surface area contributed by atoms with Crippen LogP contribution in [0.25, 0.3) is 0 Å². The van der Waals surface area contributed by atoms with Gasteiger partial charge in [-0.15, -0.1) is 0 Å². The maximum absolute atomic E-state index is 12.6. The highest BCUT2D eigenvalue weighted by atomic mass is 16.6. The lowest BCUT2D eigenvalue weighted by Crippen LogP contribution is -2.20. The fourth-order valence-corrected chi connectivity index (χ4v) is 2.71. The molecule has 0 atom stereocenters. The molecule has 7 heteroatoms. The van der Waals surface area contributed by atoms with Gasteiger partial charge in [0.25, 0.3) is 11.6 Å². The highest BCUT2D eigenvalue weighted by Crippen LogP contribution is 2.33. The number of hydrazone groups is 1. The first-order valence-corrected chi connectivity index (χ1v) is 9.08. The predicted molar refractivity (Wildman–Crippen MR) is 109 cm³/mol. The Kier molecular flexibility index (Phi) is 6.51. The normalized spacial score (nSPS) is 11.8. The molecule has 2 aromatic rings. The van der Waals surface area contributed by atoms with Crippen LogP contribution in [0.15, 0.2) is 41.5 Å². The van der Waals surface area contributed by atoms with Crippen LogP contribution >= 0.6 is 0 Å². The van der Waals surface area contributed by atoms with Gasteiger partial charge in [0.2, 0.25) is 0 Å². The van der Waals surface area contributed by atoms with E-state index in [0.29, 0.717) is 16.8 Å². The number of phenols is 1. The van der Waals surface area contributed by atoms with Gasteiger partial charge in [0.1, 0.15) is 5.75 Å². The van der Waals surface area contributed by atoms with E-state index >= 15 is 0 Å². The Labute approximate surface area is 164 Å². The fraction of sp³-hybridized carbons (Fsp3) is 0.333. The number of hydrogen-bond acceptors (Lipinski definition) is 5. The van der Waals surface area contributed by atoms with Crippen LogP contribution in [0, 0.1) is 10.1 Å². The molecular formula is C21H25N3O4. The summed E-state index contributed by atoms with van der Waals surface area (Å²) in [5, 5.41) is 25.3. The summed E-state index contributed by atoms with van der Waals surface area (Å²) in [7, 11) is 0. The number of rotatable bonds is 6. The summed E-state index contributed by atoms with van der Waals surface area (Å²) >= 11 is 0. The molecule has 2 rings (SSSR count). The molecule has 0 radical (unpaired) electrons. The van der Waals surface area contributed by atoms with Crippen LogP contribution in [0.4, 0.5) is 5.69 Å². The minimum atomic E-state index is -0.511. The number of aromatic hydroxyl groups is 1. The first kappa shape index (κ1) is 21.1. The number of hydrogen-bond donors (Lipinski definition) is 2. The average molecular weight is 383 g/mol. The van der Waals surface area contributed by atoms with Crippen LogP contribution in [-0.2, 0) is 0 Å². The minimum absolute atomic E-state index is 0.0165. The Morgan fingerprint density at radius 1 is 1.11 bits per heavy atom. The predicted octanol–water partition coefficient (Wildman–Crippen LogP) is 4.70. The van der Waals surface area contributed by atoms with Crippen molar-refractivity contribution in [2.75, 3.05) is 0 Å². The zero-order valence-electron chi connectivity index (χ0n) is 16.7. The van der Waals surface area contributed by atoms with E-state index < -0.39 is 10.8 Å². The van der Waals surface area contributed by atoms with Gasteiger partial charge < -0.3 is 5.11 Å². The van der Waals surface area contributed by atoms with Crippen molar-refractivity contribution in [1.82, 2.24) is 5.43 Å². The number of carbonyl (C=O) groups is 1. The molecule has 0 aliphatic carbocycles. The van der Waals surface area contributed by atoms with Gasteiger partial charge >= 0.3 is 0 Å². The summed E-state index contributed by atoms with van der Waals surface area (Å²) in [6, 6.07) is 9.49. The summed E-state index contributed by atoms with van der Waals surface area (Å²) in [6.45, 7) is 9.64. The third-order valence-corrected chi connectivity index (χ3v) is 4.52. The molecule has 0 aromatic heterocycles. The van der Waals surface area contributed by atoms with Crippen LogP contribution in [0.1, 0.15) is 73.5 Å². The Morgan fingerprint density at radius 2 is 1.71 bits per heavy atom. The second kappa shape index (κ2) is 8.65. The molecule has 0 fully saturated rings. The molecule has 2 aromatic carbocycles. The van der Waals surface area contributed by atoms with Crippen LogP contribution in [0.3, 0.4) is 0 Å². The summed E-state index contributed by atoms with van der Waals surface area (Å²) < 4.78 is 0. The Bertz CT molecular complexity index is 916. The molecule has 0 bridgehead atoms. The third kappa shape index (κ3) is 4.73. The van der Waals surface area contributed by atoms with Crippen molar-refractivity contribution >= 4 is 17.3 Å². The van der Waals surface area contributed by atoms with Gasteiger partial charge in [-0.05, 0) is 53.6 Å². The van der Waals surface area contributed by atoms with E-state index in [4.69, 9.17) is 0 Å². The first-order chi connectivity index (χ1) is 13.1. The van der Waals surface area contributed by atoms with E-state index in [-0.39, 0.29) is 28.8 Å². The average Bonchev–Trinajstić information content (AvgIpc) is 2.65. The quantitative estimate of drug-likeness (QED) is 0.428. The number of benzene rings is 2.